The number of piperidine rings is 1. The van der Waals surface area contributed by atoms with Gasteiger partial charge < -0.3 is 0 Å². The second-order valence-electron chi connectivity index (χ2n) is 6.94. The van der Waals surface area contributed by atoms with E-state index in [9.17, 15) is 4.79 Å². The van der Waals surface area contributed by atoms with E-state index in [1.807, 2.05) is 0 Å². The molecule has 0 aliphatic carbocycles. The van der Waals surface area contributed by atoms with Crippen molar-refractivity contribution in [2.24, 2.45) is 11.8 Å². The van der Waals surface area contributed by atoms with Gasteiger partial charge in [-0.25, -0.2) is 0 Å². The van der Waals surface area contributed by atoms with Crippen molar-refractivity contribution in [2.45, 2.75) is 65.8 Å². The second-order valence-corrected chi connectivity index (χ2v) is 6.94. The van der Waals surface area contributed by atoms with E-state index in [2.05, 4.69) is 39.5 Å². The molecule has 2 nitrogen and oxygen atoms in total. The van der Waals surface area contributed by atoms with Crippen LogP contribution in [0.5, 0.6) is 0 Å². The molecule has 1 aliphatic heterocycles. The van der Waals surface area contributed by atoms with Crippen molar-refractivity contribution >= 4 is 5.78 Å². The Hall–Kier alpha value is -0.370. The Balaban J connectivity index is 2.30. The van der Waals surface area contributed by atoms with Gasteiger partial charge in [-0.05, 0) is 58.5 Å². The minimum Gasteiger partial charge on any atom is -0.300 e. The molecule has 17 heavy (non-hydrogen) atoms. The van der Waals surface area contributed by atoms with Gasteiger partial charge in [-0.3, -0.25) is 9.69 Å². The molecule has 1 saturated heterocycles. The lowest BCUT2D eigenvalue weighted by atomic mass is 9.88. The maximum Gasteiger partial charge on any atom is 0.133 e. The number of hydrogen-bond donors (Lipinski definition) is 0. The normalized spacial score (nSPS) is 19.9. The average molecular weight is 239 g/mol. The molecule has 0 bridgehead atoms. The van der Waals surface area contributed by atoms with Gasteiger partial charge in [0.2, 0.25) is 0 Å². The van der Waals surface area contributed by atoms with Gasteiger partial charge in [0.15, 0.2) is 0 Å². The minimum absolute atomic E-state index is 0.285. The van der Waals surface area contributed by atoms with Crippen LogP contribution in [0.3, 0.4) is 0 Å². The zero-order chi connectivity index (χ0) is 13.1. The third-order valence-electron chi connectivity index (χ3n) is 3.72. The Labute approximate surface area is 107 Å². The summed E-state index contributed by atoms with van der Waals surface area (Å²) in [5.74, 6) is 1.62. The molecule has 1 aliphatic rings. The van der Waals surface area contributed by atoms with Crippen molar-refractivity contribution in [3.63, 3.8) is 0 Å². The summed E-state index contributed by atoms with van der Waals surface area (Å²) in [5.41, 5.74) is 0.285. The van der Waals surface area contributed by atoms with Crippen LogP contribution in [0.4, 0.5) is 0 Å². The molecule has 0 aromatic carbocycles. The van der Waals surface area contributed by atoms with E-state index in [0.717, 1.165) is 25.9 Å². The van der Waals surface area contributed by atoms with E-state index in [1.54, 1.807) is 0 Å². The highest BCUT2D eigenvalue weighted by molar-refractivity contribution is 5.78. The molecule has 0 atom stereocenters. The number of Topliss-reactive ketones (excluding diaryl/α,β-unsaturated/α-hetero) is 1. The van der Waals surface area contributed by atoms with Crippen LogP contribution in [0, 0.1) is 11.8 Å². The van der Waals surface area contributed by atoms with E-state index < -0.39 is 0 Å². The molecule has 0 unspecified atom stereocenters. The van der Waals surface area contributed by atoms with Gasteiger partial charge in [-0.2, -0.15) is 0 Å². The van der Waals surface area contributed by atoms with Crippen LogP contribution in [0.15, 0.2) is 0 Å². The van der Waals surface area contributed by atoms with Gasteiger partial charge in [0.05, 0.1) is 0 Å². The molecule has 1 rings (SSSR count). The van der Waals surface area contributed by atoms with E-state index in [-0.39, 0.29) is 5.54 Å². The lowest BCUT2D eigenvalue weighted by Crippen LogP contribution is -2.46. The largest absolute Gasteiger partial charge is 0.300 e. The highest BCUT2D eigenvalue weighted by Crippen LogP contribution is 2.26. The number of rotatable bonds is 4. The first-order chi connectivity index (χ1) is 7.79. The molecule has 0 spiro atoms. The van der Waals surface area contributed by atoms with E-state index in [4.69, 9.17) is 0 Å². The zero-order valence-electron chi connectivity index (χ0n) is 12.3. The summed E-state index contributed by atoms with van der Waals surface area (Å²) in [4.78, 5) is 14.3. The summed E-state index contributed by atoms with van der Waals surface area (Å²) >= 11 is 0. The van der Waals surface area contributed by atoms with E-state index >= 15 is 0 Å². The average Bonchev–Trinajstić information content (AvgIpc) is 2.15. The van der Waals surface area contributed by atoms with Crippen molar-refractivity contribution in [3.8, 4) is 0 Å². The van der Waals surface area contributed by atoms with Crippen molar-refractivity contribution < 1.29 is 4.79 Å². The van der Waals surface area contributed by atoms with Gasteiger partial charge >= 0.3 is 0 Å². The first kappa shape index (κ1) is 14.7. The lowest BCUT2D eigenvalue weighted by Gasteiger charge is -2.40. The van der Waals surface area contributed by atoms with Gasteiger partial charge in [-0.15, -0.1) is 0 Å². The van der Waals surface area contributed by atoms with Crippen molar-refractivity contribution in [1.29, 1.82) is 0 Å². The maximum atomic E-state index is 11.8. The van der Waals surface area contributed by atoms with Crippen LogP contribution in [0.25, 0.3) is 0 Å². The zero-order valence-corrected chi connectivity index (χ0v) is 12.3. The number of carbonyl (C=O) groups excluding carboxylic acids is 1. The molecule has 0 saturated carbocycles. The molecule has 2 heteroatoms. The van der Waals surface area contributed by atoms with Crippen molar-refractivity contribution in [3.05, 3.63) is 0 Å². The van der Waals surface area contributed by atoms with Gasteiger partial charge in [-0.1, -0.05) is 13.8 Å². The summed E-state index contributed by atoms with van der Waals surface area (Å²) in [7, 11) is 0. The summed E-state index contributed by atoms with van der Waals surface area (Å²) in [5, 5.41) is 0. The number of likely N-dealkylation sites (tertiary alicyclic amines) is 1. The van der Waals surface area contributed by atoms with Gasteiger partial charge in [0.1, 0.15) is 5.78 Å². The first-order valence-corrected chi connectivity index (χ1v) is 7.05. The molecular formula is C15H29NO. The number of carbonyl (C=O) groups is 1. The fraction of sp³-hybridized carbons (Fsp3) is 0.933. The topological polar surface area (TPSA) is 20.3 Å². The number of nitrogens with zero attached hydrogens (tertiary/aromatic N) is 1. The fourth-order valence-electron chi connectivity index (χ4n) is 2.67. The standard InChI is InChI=1S/C15H29NO/c1-12(2)10-14(17)11-13-6-8-16(9-7-13)15(3,4)5/h12-13H,6-11H2,1-5H3. The minimum atomic E-state index is 0.285. The van der Waals surface area contributed by atoms with Crippen molar-refractivity contribution in [2.75, 3.05) is 13.1 Å². The highest BCUT2D eigenvalue weighted by atomic mass is 16.1. The van der Waals surface area contributed by atoms with Crippen molar-refractivity contribution in [1.82, 2.24) is 4.90 Å². The van der Waals surface area contributed by atoms with Crippen LogP contribution >= 0.6 is 0 Å². The molecule has 0 aromatic heterocycles. The predicted molar refractivity (Wildman–Crippen MR) is 73.1 cm³/mol. The Bertz CT molecular complexity index is 244. The summed E-state index contributed by atoms with van der Waals surface area (Å²) < 4.78 is 0. The molecule has 0 amide bonds. The highest BCUT2D eigenvalue weighted by Gasteiger charge is 2.27. The van der Waals surface area contributed by atoms with Crippen LogP contribution < -0.4 is 0 Å². The molecule has 0 N–H and O–H groups in total. The van der Waals surface area contributed by atoms with E-state index in [0.29, 0.717) is 17.6 Å². The SMILES string of the molecule is CC(C)CC(=O)CC1CCN(C(C)(C)C)CC1. The van der Waals surface area contributed by atoms with Crippen LogP contribution in [-0.2, 0) is 4.79 Å². The van der Waals surface area contributed by atoms with Crippen LogP contribution in [-0.4, -0.2) is 29.3 Å². The predicted octanol–water partition coefficient (Wildman–Crippen LogP) is 3.50. The van der Waals surface area contributed by atoms with Crippen LogP contribution in [0.2, 0.25) is 0 Å². The fourth-order valence-corrected chi connectivity index (χ4v) is 2.67. The Morgan fingerprint density at radius 3 is 2.18 bits per heavy atom. The Morgan fingerprint density at radius 2 is 1.76 bits per heavy atom. The quantitative estimate of drug-likeness (QED) is 0.748. The second kappa shape index (κ2) is 5.99. The Morgan fingerprint density at radius 1 is 1.24 bits per heavy atom. The lowest BCUT2D eigenvalue weighted by molar-refractivity contribution is -0.121. The number of ketones is 1. The molecule has 0 aromatic rings. The maximum absolute atomic E-state index is 11.8. The molecule has 100 valence electrons. The smallest absolute Gasteiger partial charge is 0.133 e. The Kier molecular flexibility index (Phi) is 5.18. The first-order valence-electron chi connectivity index (χ1n) is 7.05. The summed E-state index contributed by atoms with van der Waals surface area (Å²) in [6.07, 6.45) is 3.97. The molecule has 0 radical (unpaired) electrons. The molecule has 1 heterocycles. The summed E-state index contributed by atoms with van der Waals surface area (Å²) in [6, 6.07) is 0. The third-order valence-corrected chi connectivity index (χ3v) is 3.72. The van der Waals surface area contributed by atoms with E-state index in [1.165, 1.54) is 12.8 Å². The molecular weight excluding hydrogens is 210 g/mol. The number of hydrogen-bond acceptors (Lipinski definition) is 2. The van der Waals surface area contributed by atoms with Gasteiger partial charge in [0, 0.05) is 18.4 Å². The molecule has 1 fully saturated rings. The monoisotopic (exact) mass is 239 g/mol. The summed E-state index contributed by atoms with van der Waals surface area (Å²) in [6.45, 7) is 13.4. The van der Waals surface area contributed by atoms with Crippen LogP contribution in [0.1, 0.15) is 60.3 Å². The third kappa shape index (κ3) is 5.20. The van der Waals surface area contributed by atoms with Gasteiger partial charge in [0.25, 0.3) is 0 Å².